The molecule has 0 fully saturated rings. The SMILES string of the molecule is CCC(CC)COC(=O)CCCCCC(=O)OCC(C)C. The molecule has 0 aliphatic rings. The molecule has 0 aliphatic carbocycles. The highest BCUT2D eigenvalue weighted by molar-refractivity contribution is 5.69. The Hall–Kier alpha value is -1.06. The monoisotopic (exact) mass is 300 g/mol. The molecule has 0 aromatic rings. The zero-order valence-electron chi connectivity index (χ0n) is 14.2. The van der Waals surface area contributed by atoms with E-state index < -0.39 is 0 Å². The minimum atomic E-state index is -0.139. The van der Waals surface area contributed by atoms with Crippen molar-refractivity contribution in [3.63, 3.8) is 0 Å². The number of hydrogen-bond acceptors (Lipinski definition) is 4. The Kier molecular flexibility index (Phi) is 12.0. The van der Waals surface area contributed by atoms with Gasteiger partial charge in [-0.2, -0.15) is 0 Å². The van der Waals surface area contributed by atoms with Gasteiger partial charge in [0.25, 0.3) is 0 Å². The summed E-state index contributed by atoms with van der Waals surface area (Å²) < 4.78 is 10.3. The van der Waals surface area contributed by atoms with E-state index in [0.29, 0.717) is 37.9 Å². The van der Waals surface area contributed by atoms with Crippen molar-refractivity contribution in [1.29, 1.82) is 0 Å². The maximum absolute atomic E-state index is 11.5. The molecule has 0 bridgehead atoms. The highest BCUT2D eigenvalue weighted by Gasteiger charge is 2.09. The van der Waals surface area contributed by atoms with Gasteiger partial charge in [0.15, 0.2) is 0 Å². The normalized spacial score (nSPS) is 11.0. The molecule has 0 spiro atoms. The standard InChI is InChI=1S/C17H32O4/c1-5-15(6-2)13-21-17(19)11-9-7-8-10-16(18)20-12-14(3)4/h14-15H,5-13H2,1-4H3. The summed E-state index contributed by atoms with van der Waals surface area (Å²) in [5.74, 6) is 0.591. The average molecular weight is 300 g/mol. The van der Waals surface area contributed by atoms with Crippen molar-refractivity contribution in [1.82, 2.24) is 0 Å². The summed E-state index contributed by atoms with van der Waals surface area (Å²) in [6.45, 7) is 9.27. The van der Waals surface area contributed by atoms with Crippen molar-refractivity contribution < 1.29 is 19.1 Å². The van der Waals surface area contributed by atoms with Crippen LogP contribution in [0.15, 0.2) is 0 Å². The molecule has 124 valence electrons. The number of carbonyl (C=O) groups is 2. The molecule has 4 nitrogen and oxygen atoms in total. The number of rotatable bonds is 12. The fraction of sp³-hybridized carbons (Fsp3) is 0.882. The molecule has 4 heteroatoms. The van der Waals surface area contributed by atoms with Gasteiger partial charge >= 0.3 is 11.9 Å². The van der Waals surface area contributed by atoms with Crippen molar-refractivity contribution in [3.8, 4) is 0 Å². The molecule has 0 N–H and O–H groups in total. The molecule has 0 saturated heterocycles. The summed E-state index contributed by atoms with van der Waals surface area (Å²) in [6, 6.07) is 0. The highest BCUT2D eigenvalue weighted by Crippen LogP contribution is 2.10. The second-order valence-electron chi connectivity index (χ2n) is 6.00. The van der Waals surface area contributed by atoms with Gasteiger partial charge in [-0.25, -0.2) is 0 Å². The predicted molar refractivity (Wildman–Crippen MR) is 83.9 cm³/mol. The largest absolute Gasteiger partial charge is 0.465 e. The van der Waals surface area contributed by atoms with Gasteiger partial charge in [0.1, 0.15) is 0 Å². The lowest BCUT2D eigenvalue weighted by atomic mass is 10.1. The second kappa shape index (κ2) is 12.7. The minimum Gasteiger partial charge on any atom is -0.465 e. The second-order valence-corrected chi connectivity index (χ2v) is 6.00. The Balaban J connectivity index is 3.49. The van der Waals surface area contributed by atoms with Crippen molar-refractivity contribution in [2.75, 3.05) is 13.2 Å². The lowest BCUT2D eigenvalue weighted by Crippen LogP contribution is -2.13. The molecule has 0 saturated carbocycles. The van der Waals surface area contributed by atoms with Gasteiger partial charge in [-0.3, -0.25) is 9.59 Å². The summed E-state index contributed by atoms with van der Waals surface area (Å²) in [5.41, 5.74) is 0. The smallest absolute Gasteiger partial charge is 0.305 e. The first-order valence-corrected chi connectivity index (χ1v) is 8.30. The number of carbonyl (C=O) groups excluding carboxylic acids is 2. The summed E-state index contributed by atoms with van der Waals surface area (Å²) in [6.07, 6.45) is 5.38. The predicted octanol–water partition coefficient (Wildman–Crippen LogP) is 4.12. The molecule has 0 heterocycles. The van der Waals surface area contributed by atoms with Gasteiger partial charge in [0, 0.05) is 12.8 Å². The van der Waals surface area contributed by atoms with Crippen LogP contribution < -0.4 is 0 Å². The van der Waals surface area contributed by atoms with E-state index in [1.165, 1.54) is 0 Å². The first kappa shape index (κ1) is 19.9. The van der Waals surface area contributed by atoms with E-state index in [1.807, 2.05) is 13.8 Å². The topological polar surface area (TPSA) is 52.6 Å². The minimum absolute atomic E-state index is 0.121. The molecule has 0 radical (unpaired) electrons. The number of unbranched alkanes of at least 4 members (excludes halogenated alkanes) is 2. The third kappa shape index (κ3) is 12.4. The van der Waals surface area contributed by atoms with Crippen LogP contribution in [-0.4, -0.2) is 25.2 Å². The van der Waals surface area contributed by atoms with E-state index >= 15 is 0 Å². The lowest BCUT2D eigenvalue weighted by Gasteiger charge is -2.12. The van der Waals surface area contributed by atoms with Crippen LogP contribution in [0.5, 0.6) is 0 Å². The van der Waals surface area contributed by atoms with Crippen LogP contribution in [0.3, 0.4) is 0 Å². The molecule has 0 aromatic carbocycles. The van der Waals surface area contributed by atoms with Crippen LogP contribution in [0.2, 0.25) is 0 Å². The van der Waals surface area contributed by atoms with Crippen LogP contribution >= 0.6 is 0 Å². The Morgan fingerprint density at radius 2 is 1.29 bits per heavy atom. The zero-order valence-corrected chi connectivity index (χ0v) is 14.2. The van der Waals surface area contributed by atoms with Gasteiger partial charge in [0.2, 0.25) is 0 Å². The molecule has 0 aromatic heterocycles. The highest BCUT2D eigenvalue weighted by atomic mass is 16.5. The van der Waals surface area contributed by atoms with Crippen molar-refractivity contribution in [2.45, 2.75) is 72.6 Å². The van der Waals surface area contributed by atoms with E-state index in [2.05, 4.69) is 13.8 Å². The Morgan fingerprint density at radius 1 is 0.810 bits per heavy atom. The summed E-state index contributed by atoms with van der Waals surface area (Å²) in [5, 5.41) is 0. The molecule has 0 atom stereocenters. The summed E-state index contributed by atoms with van der Waals surface area (Å²) in [4.78, 5) is 22.9. The Morgan fingerprint density at radius 3 is 1.71 bits per heavy atom. The van der Waals surface area contributed by atoms with Crippen molar-refractivity contribution in [3.05, 3.63) is 0 Å². The van der Waals surface area contributed by atoms with E-state index in [0.717, 1.165) is 32.1 Å². The maximum Gasteiger partial charge on any atom is 0.305 e. The molecule has 21 heavy (non-hydrogen) atoms. The number of esters is 2. The molecular weight excluding hydrogens is 268 g/mol. The fourth-order valence-electron chi connectivity index (χ4n) is 1.85. The van der Waals surface area contributed by atoms with E-state index in [-0.39, 0.29) is 11.9 Å². The average Bonchev–Trinajstić information content (AvgIpc) is 2.45. The maximum atomic E-state index is 11.5. The zero-order chi connectivity index (χ0) is 16.1. The van der Waals surface area contributed by atoms with Crippen LogP contribution in [0.25, 0.3) is 0 Å². The Labute approximate surface area is 129 Å². The first-order chi connectivity index (χ1) is 9.99. The van der Waals surface area contributed by atoms with Gasteiger partial charge < -0.3 is 9.47 Å². The van der Waals surface area contributed by atoms with Crippen LogP contribution in [0, 0.1) is 11.8 Å². The van der Waals surface area contributed by atoms with E-state index in [4.69, 9.17) is 9.47 Å². The quantitative estimate of drug-likeness (QED) is 0.402. The molecule has 0 aliphatic heterocycles. The Bertz CT molecular complexity index is 283. The van der Waals surface area contributed by atoms with Crippen LogP contribution in [-0.2, 0) is 19.1 Å². The third-order valence-corrected chi connectivity index (χ3v) is 3.47. The summed E-state index contributed by atoms with van der Waals surface area (Å²) in [7, 11) is 0. The lowest BCUT2D eigenvalue weighted by molar-refractivity contribution is -0.145. The van der Waals surface area contributed by atoms with Crippen molar-refractivity contribution >= 4 is 11.9 Å². The third-order valence-electron chi connectivity index (χ3n) is 3.47. The van der Waals surface area contributed by atoms with Crippen molar-refractivity contribution in [2.24, 2.45) is 11.8 Å². The first-order valence-electron chi connectivity index (χ1n) is 8.30. The fourth-order valence-corrected chi connectivity index (χ4v) is 1.85. The van der Waals surface area contributed by atoms with Crippen LogP contribution in [0.4, 0.5) is 0 Å². The van der Waals surface area contributed by atoms with Crippen LogP contribution in [0.1, 0.15) is 72.6 Å². The van der Waals surface area contributed by atoms with Gasteiger partial charge in [-0.1, -0.05) is 47.0 Å². The van der Waals surface area contributed by atoms with Gasteiger partial charge in [0.05, 0.1) is 13.2 Å². The number of hydrogen-bond donors (Lipinski definition) is 0. The summed E-state index contributed by atoms with van der Waals surface area (Å²) >= 11 is 0. The van der Waals surface area contributed by atoms with E-state index in [1.54, 1.807) is 0 Å². The number of ether oxygens (including phenoxy) is 2. The molecule has 0 amide bonds. The van der Waals surface area contributed by atoms with E-state index in [9.17, 15) is 9.59 Å². The molecule has 0 unspecified atom stereocenters. The molecular formula is C17H32O4. The van der Waals surface area contributed by atoms with Gasteiger partial charge in [-0.15, -0.1) is 0 Å². The molecule has 0 rings (SSSR count). The van der Waals surface area contributed by atoms with Gasteiger partial charge in [-0.05, 0) is 24.7 Å².